The third-order valence-corrected chi connectivity index (χ3v) is 10.3. The monoisotopic (exact) mass is 761 g/mol. The van der Waals surface area contributed by atoms with Crippen LogP contribution >= 0.6 is 7.82 Å². The molecule has 0 radical (unpaired) electrons. The maximum Gasteiger partial charge on any atom is 0.472 e. The van der Waals surface area contributed by atoms with Crippen LogP contribution in [0.3, 0.4) is 0 Å². The number of carbonyl (C=O) groups is 2. The minimum atomic E-state index is -4.37. The highest BCUT2D eigenvalue weighted by atomic mass is 31.2. The van der Waals surface area contributed by atoms with E-state index in [4.69, 9.17) is 18.5 Å². The van der Waals surface area contributed by atoms with Crippen LogP contribution in [0.25, 0.3) is 0 Å². The average molecular weight is 761 g/mol. The fourth-order valence-electron chi connectivity index (χ4n) is 5.89. The fourth-order valence-corrected chi connectivity index (χ4v) is 6.63. The van der Waals surface area contributed by atoms with Crippen LogP contribution in [0, 0.1) is 0 Å². The lowest BCUT2D eigenvalue weighted by atomic mass is 10.0. The molecule has 0 aromatic heterocycles. The second kappa shape index (κ2) is 35.5. The van der Waals surface area contributed by atoms with E-state index in [0.717, 1.165) is 51.4 Å². The van der Waals surface area contributed by atoms with Gasteiger partial charge in [0.2, 0.25) is 0 Å². The van der Waals surface area contributed by atoms with Crippen molar-refractivity contribution in [2.45, 2.75) is 200 Å². The third-order valence-electron chi connectivity index (χ3n) is 9.30. The number of nitrogens with zero attached hydrogens (tertiary/aromatic N) is 1. The SMILES string of the molecule is CCCCCCCC/C=C\CCCCCCCC(=O)OC[C@@H](COP(=O)(O)OCC[N+](C)(C)C)OC(=O)CCCCCCCCCCCCCCC. The van der Waals surface area contributed by atoms with E-state index in [1.54, 1.807) is 0 Å². The Morgan fingerprint density at radius 2 is 0.981 bits per heavy atom. The molecular weight excluding hydrogens is 677 g/mol. The summed E-state index contributed by atoms with van der Waals surface area (Å²) in [5, 5.41) is 0. The average Bonchev–Trinajstić information content (AvgIpc) is 3.09. The number of quaternary nitrogens is 1. The highest BCUT2D eigenvalue weighted by Crippen LogP contribution is 2.43. The Morgan fingerprint density at radius 1 is 0.577 bits per heavy atom. The van der Waals surface area contributed by atoms with Gasteiger partial charge in [-0.3, -0.25) is 18.6 Å². The van der Waals surface area contributed by atoms with E-state index in [1.165, 1.54) is 109 Å². The molecule has 0 bridgehead atoms. The van der Waals surface area contributed by atoms with E-state index < -0.39 is 26.5 Å². The van der Waals surface area contributed by atoms with Crippen LogP contribution in [0.1, 0.15) is 194 Å². The van der Waals surface area contributed by atoms with Gasteiger partial charge in [0.1, 0.15) is 19.8 Å². The number of hydrogen-bond acceptors (Lipinski definition) is 7. The molecule has 308 valence electrons. The van der Waals surface area contributed by atoms with Crippen molar-refractivity contribution in [3.05, 3.63) is 12.2 Å². The second-order valence-corrected chi connectivity index (χ2v) is 17.2. The smallest absolute Gasteiger partial charge is 0.462 e. The van der Waals surface area contributed by atoms with Gasteiger partial charge < -0.3 is 18.9 Å². The standard InChI is InChI=1S/C42H82NO8P/c1-6-8-10-12-14-16-18-20-21-23-24-26-28-30-32-34-41(44)48-38-40(39-50-52(46,47)49-37-36-43(3,4)5)51-42(45)35-33-31-29-27-25-22-19-17-15-13-11-9-7-2/h20-21,40H,6-19,22-39H2,1-5H3/p+1/b21-20-/t40-/m0/s1. The highest BCUT2D eigenvalue weighted by molar-refractivity contribution is 7.47. The molecule has 1 unspecified atom stereocenters. The highest BCUT2D eigenvalue weighted by Gasteiger charge is 2.27. The summed E-state index contributed by atoms with van der Waals surface area (Å²) in [5.74, 6) is -0.801. The summed E-state index contributed by atoms with van der Waals surface area (Å²) in [6.45, 7) is 4.42. The Bertz CT molecular complexity index is 907. The minimum Gasteiger partial charge on any atom is -0.462 e. The lowest BCUT2D eigenvalue weighted by Crippen LogP contribution is -2.37. The molecule has 2 atom stereocenters. The van der Waals surface area contributed by atoms with Gasteiger partial charge >= 0.3 is 19.8 Å². The second-order valence-electron chi connectivity index (χ2n) is 15.7. The maximum absolute atomic E-state index is 12.6. The first-order valence-electron chi connectivity index (χ1n) is 21.4. The van der Waals surface area contributed by atoms with Crippen LogP contribution in [0.5, 0.6) is 0 Å². The first-order chi connectivity index (χ1) is 25.0. The molecule has 9 nitrogen and oxygen atoms in total. The molecule has 0 saturated heterocycles. The zero-order valence-electron chi connectivity index (χ0n) is 34.6. The van der Waals surface area contributed by atoms with Crippen molar-refractivity contribution in [3.8, 4) is 0 Å². The molecular formula is C42H83NO8P+. The van der Waals surface area contributed by atoms with Gasteiger partial charge in [-0.1, -0.05) is 154 Å². The number of likely N-dealkylation sites (N-methyl/N-ethyl adjacent to an activating group) is 1. The maximum atomic E-state index is 12.6. The minimum absolute atomic E-state index is 0.0335. The summed E-state index contributed by atoms with van der Waals surface area (Å²) in [6.07, 6.45) is 35.3. The lowest BCUT2D eigenvalue weighted by molar-refractivity contribution is -0.870. The first-order valence-corrected chi connectivity index (χ1v) is 22.9. The van der Waals surface area contributed by atoms with Crippen molar-refractivity contribution >= 4 is 19.8 Å². The molecule has 0 aliphatic carbocycles. The fraction of sp³-hybridized carbons (Fsp3) is 0.905. The lowest BCUT2D eigenvalue weighted by Gasteiger charge is -2.24. The number of allylic oxidation sites excluding steroid dienone is 2. The normalized spacial score (nSPS) is 13.7. The van der Waals surface area contributed by atoms with Gasteiger partial charge in [0.05, 0.1) is 27.7 Å². The van der Waals surface area contributed by atoms with Crippen LogP contribution in [-0.4, -0.2) is 74.9 Å². The molecule has 0 rings (SSSR count). The number of phosphoric acid groups is 1. The van der Waals surface area contributed by atoms with Gasteiger partial charge in [0.15, 0.2) is 6.10 Å². The van der Waals surface area contributed by atoms with E-state index in [1.807, 2.05) is 21.1 Å². The van der Waals surface area contributed by atoms with E-state index >= 15 is 0 Å². The Kier molecular flexibility index (Phi) is 34.6. The first kappa shape index (κ1) is 50.8. The van der Waals surface area contributed by atoms with E-state index in [2.05, 4.69) is 26.0 Å². The summed E-state index contributed by atoms with van der Waals surface area (Å²) >= 11 is 0. The number of carbonyl (C=O) groups excluding carboxylic acids is 2. The number of unbranched alkanes of at least 4 members (excludes halogenated alkanes) is 23. The molecule has 10 heteroatoms. The van der Waals surface area contributed by atoms with Crippen LogP contribution in [-0.2, 0) is 32.7 Å². The molecule has 52 heavy (non-hydrogen) atoms. The van der Waals surface area contributed by atoms with Crippen molar-refractivity contribution < 1.29 is 42.1 Å². The largest absolute Gasteiger partial charge is 0.472 e. The van der Waals surface area contributed by atoms with E-state index in [-0.39, 0.29) is 32.0 Å². The molecule has 0 saturated carbocycles. The zero-order chi connectivity index (χ0) is 38.6. The molecule has 0 aromatic carbocycles. The van der Waals surface area contributed by atoms with Crippen molar-refractivity contribution in [1.29, 1.82) is 0 Å². The summed E-state index contributed by atoms with van der Waals surface area (Å²) in [5.41, 5.74) is 0. The van der Waals surface area contributed by atoms with E-state index in [0.29, 0.717) is 17.4 Å². The van der Waals surface area contributed by atoms with Gasteiger partial charge in [0.25, 0.3) is 0 Å². The van der Waals surface area contributed by atoms with Crippen molar-refractivity contribution in [2.75, 3.05) is 47.5 Å². The Morgan fingerprint density at radius 3 is 1.42 bits per heavy atom. The third kappa shape index (κ3) is 38.5. The Labute approximate surface area is 320 Å². The van der Waals surface area contributed by atoms with E-state index in [9.17, 15) is 19.0 Å². The van der Waals surface area contributed by atoms with Crippen molar-refractivity contribution in [1.82, 2.24) is 0 Å². The summed E-state index contributed by atoms with van der Waals surface area (Å²) in [7, 11) is 1.48. The Balaban J connectivity index is 4.37. The van der Waals surface area contributed by atoms with Crippen molar-refractivity contribution in [3.63, 3.8) is 0 Å². The van der Waals surface area contributed by atoms with Gasteiger partial charge in [-0.15, -0.1) is 0 Å². The van der Waals surface area contributed by atoms with Crippen molar-refractivity contribution in [2.24, 2.45) is 0 Å². The molecule has 0 spiro atoms. The summed E-state index contributed by atoms with van der Waals surface area (Å²) < 4.78 is 34.3. The number of ether oxygens (including phenoxy) is 2. The van der Waals surface area contributed by atoms with Crippen LogP contribution < -0.4 is 0 Å². The number of rotatable bonds is 39. The van der Waals surface area contributed by atoms with Crippen LogP contribution in [0.15, 0.2) is 12.2 Å². The quantitative estimate of drug-likeness (QED) is 0.0217. The molecule has 0 heterocycles. The van der Waals surface area contributed by atoms with Gasteiger partial charge in [-0.25, -0.2) is 4.57 Å². The molecule has 0 aromatic rings. The molecule has 1 N–H and O–H groups in total. The van der Waals surface area contributed by atoms with Gasteiger partial charge in [0, 0.05) is 12.8 Å². The molecule has 0 aliphatic heterocycles. The summed E-state index contributed by atoms with van der Waals surface area (Å²) in [6, 6.07) is 0. The number of esters is 2. The zero-order valence-corrected chi connectivity index (χ0v) is 35.5. The Hall–Kier alpha value is -1.25. The van der Waals surface area contributed by atoms with Gasteiger partial charge in [-0.2, -0.15) is 0 Å². The predicted octanol–water partition coefficient (Wildman–Crippen LogP) is 11.8. The topological polar surface area (TPSA) is 108 Å². The van der Waals surface area contributed by atoms with Crippen LogP contribution in [0.2, 0.25) is 0 Å². The molecule has 0 amide bonds. The molecule has 0 fully saturated rings. The molecule has 0 aliphatic rings. The summed E-state index contributed by atoms with van der Waals surface area (Å²) in [4.78, 5) is 35.3. The number of hydrogen-bond donors (Lipinski definition) is 1. The number of phosphoric ester groups is 1. The van der Waals surface area contributed by atoms with Gasteiger partial charge in [-0.05, 0) is 38.5 Å². The predicted molar refractivity (Wildman–Crippen MR) is 215 cm³/mol. The van der Waals surface area contributed by atoms with Crippen LogP contribution in [0.4, 0.5) is 0 Å².